The fraction of sp³-hybridized carbons (Fsp3) is 0.294. The summed E-state index contributed by atoms with van der Waals surface area (Å²) >= 11 is 0. The molecule has 120 valence electrons. The average Bonchev–Trinajstić information content (AvgIpc) is 3.26. The number of likely N-dealkylation sites (N-methyl/N-ethyl adjacent to an activating group) is 1. The molecule has 0 unspecified atom stereocenters. The highest BCUT2D eigenvalue weighted by molar-refractivity contribution is 6.01. The molecule has 0 spiro atoms. The van der Waals surface area contributed by atoms with Crippen molar-refractivity contribution < 1.29 is 18.8 Å². The molecule has 6 nitrogen and oxygen atoms in total. The first-order valence-electron chi connectivity index (χ1n) is 7.33. The molecule has 0 radical (unpaired) electrons. The van der Waals surface area contributed by atoms with Gasteiger partial charge in [-0.15, -0.1) is 0 Å². The van der Waals surface area contributed by atoms with Crippen LogP contribution in [0, 0.1) is 0 Å². The van der Waals surface area contributed by atoms with Crippen LogP contribution in [-0.2, 0) is 4.84 Å². The van der Waals surface area contributed by atoms with Gasteiger partial charge in [0.05, 0.1) is 25.6 Å². The Balaban J connectivity index is 1.57. The van der Waals surface area contributed by atoms with Crippen LogP contribution in [0.3, 0.4) is 0 Å². The molecule has 1 aromatic heterocycles. The molecule has 0 aliphatic carbocycles. The summed E-state index contributed by atoms with van der Waals surface area (Å²) in [6.07, 6.45) is 1.98. The zero-order valence-corrected chi connectivity index (χ0v) is 13.1. The lowest BCUT2D eigenvalue weighted by Crippen LogP contribution is -2.34. The van der Waals surface area contributed by atoms with Gasteiger partial charge in [-0.1, -0.05) is 5.16 Å². The molecule has 6 heteroatoms. The number of nitrogens with zero attached hydrogens (tertiary/aromatic N) is 2. The molecular formula is C17H18N2O4. The minimum absolute atomic E-state index is 0.156. The number of carbonyl (C=O) groups excluding carboxylic acids is 1. The average molecular weight is 314 g/mol. The van der Waals surface area contributed by atoms with Gasteiger partial charge in [-0.3, -0.25) is 4.79 Å². The van der Waals surface area contributed by atoms with Crippen LogP contribution in [0.25, 0.3) is 0 Å². The molecule has 23 heavy (non-hydrogen) atoms. The zero-order valence-electron chi connectivity index (χ0n) is 13.1. The van der Waals surface area contributed by atoms with E-state index in [0.717, 1.165) is 17.0 Å². The molecule has 1 aliphatic rings. The van der Waals surface area contributed by atoms with E-state index < -0.39 is 0 Å². The highest BCUT2D eigenvalue weighted by Gasteiger charge is 2.26. The lowest BCUT2D eigenvalue weighted by atomic mass is 10.0. The predicted molar refractivity (Wildman–Crippen MR) is 84.7 cm³/mol. The largest absolute Gasteiger partial charge is 0.497 e. The Morgan fingerprint density at radius 1 is 1.35 bits per heavy atom. The van der Waals surface area contributed by atoms with E-state index in [1.807, 2.05) is 24.3 Å². The lowest BCUT2D eigenvalue weighted by Gasteiger charge is -2.18. The molecule has 0 N–H and O–H groups in total. The number of methoxy groups -OCH3 is 1. The van der Waals surface area contributed by atoms with Gasteiger partial charge >= 0.3 is 0 Å². The van der Waals surface area contributed by atoms with Crippen LogP contribution in [0.15, 0.2) is 52.2 Å². The normalized spacial score (nSPS) is 16.6. The maximum atomic E-state index is 12.1. The maximum absolute atomic E-state index is 12.1. The van der Waals surface area contributed by atoms with Crippen molar-refractivity contribution in [2.24, 2.45) is 5.16 Å². The smallest absolute Gasteiger partial charge is 0.289 e. The molecule has 0 saturated carbocycles. The van der Waals surface area contributed by atoms with Crippen molar-refractivity contribution in [3.63, 3.8) is 0 Å². The van der Waals surface area contributed by atoms with E-state index in [4.69, 9.17) is 14.0 Å². The standard InChI is InChI=1S/C17H18N2O4/c1-19(17(20)16-4-3-9-22-16)11-14-10-15(18-23-14)12-5-7-13(21-2)8-6-12/h3-9,14H,10-11H2,1-2H3/t14-/m0/s1. The Morgan fingerprint density at radius 2 is 2.13 bits per heavy atom. The molecule has 1 aromatic carbocycles. The summed E-state index contributed by atoms with van der Waals surface area (Å²) in [4.78, 5) is 19.2. The molecular weight excluding hydrogens is 296 g/mol. The van der Waals surface area contributed by atoms with Crippen LogP contribution in [0.5, 0.6) is 5.75 Å². The fourth-order valence-corrected chi connectivity index (χ4v) is 2.46. The van der Waals surface area contributed by atoms with Gasteiger partial charge in [0, 0.05) is 13.5 Å². The summed E-state index contributed by atoms with van der Waals surface area (Å²) in [7, 11) is 3.35. The van der Waals surface area contributed by atoms with Crippen molar-refractivity contribution in [1.82, 2.24) is 4.90 Å². The second kappa shape index (κ2) is 6.56. The van der Waals surface area contributed by atoms with E-state index in [0.29, 0.717) is 18.7 Å². The van der Waals surface area contributed by atoms with Gasteiger partial charge in [0.15, 0.2) is 11.9 Å². The van der Waals surface area contributed by atoms with Crippen molar-refractivity contribution in [1.29, 1.82) is 0 Å². The van der Waals surface area contributed by atoms with Crippen LogP contribution < -0.4 is 4.74 Å². The van der Waals surface area contributed by atoms with Gasteiger partial charge in [-0.25, -0.2) is 0 Å². The molecule has 2 aromatic rings. The summed E-state index contributed by atoms with van der Waals surface area (Å²) in [6.45, 7) is 0.447. The Morgan fingerprint density at radius 3 is 2.78 bits per heavy atom. The van der Waals surface area contributed by atoms with Gasteiger partial charge < -0.3 is 18.9 Å². The van der Waals surface area contributed by atoms with E-state index in [9.17, 15) is 4.79 Å². The van der Waals surface area contributed by atoms with Gasteiger partial charge in [0.2, 0.25) is 0 Å². The Hall–Kier alpha value is -2.76. The Bertz CT molecular complexity index is 692. The van der Waals surface area contributed by atoms with Gasteiger partial charge in [0.1, 0.15) is 5.75 Å². The monoisotopic (exact) mass is 314 g/mol. The maximum Gasteiger partial charge on any atom is 0.289 e. The highest BCUT2D eigenvalue weighted by atomic mass is 16.6. The van der Waals surface area contributed by atoms with E-state index in [2.05, 4.69) is 5.16 Å². The highest BCUT2D eigenvalue weighted by Crippen LogP contribution is 2.20. The van der Waals surface area contributed by atoms with E-state index in [1.54, 1.807) is 31.2 Å². The van der Waals surface area contributed by atoms with Crippen molar-refractivity contribution in [2.75, 3.05) is 20.7 Å². The zero-order chi connectivity index (χ0) is 16.2. The van der Waals surface area contributed by atoms with Crippen LogP contribution in [0.1, 0.15) is 22.5 Å². The van der Waals surface area contributed by atoms with Crippen molar-refractivity contribution in [3.8, 4) is 5.75 Å². The number of furan rings is 1. The third-order valence-electron chi connectivity index (χ3n) is 3.71. The molecule has 3 rings (SSSR count). The summed E-state index contributed by atoms with van der Waals surface area (Å²) in [5.41, 5.74) is 1.87. The van der Waals surface area contributed by atoms with E-state index >= 15 is 0 Å². The number of amides is 1. The fourth-order valence-electron chi connectivity index (χ4n) is 2.46. The summed E-state index contributed by atoms with van der Waals surface area (Å²) < 4.78 is 10.3. The third-order valence-corrected chi connectivity index (χ3v) is 3.71. The number of hydrogen-bond donors (Lipinski definition) is 0. The molecule has 2 heterocycles. The second-order valence-corrected chi connectivity index (χ2v) is 5.36. The molecule has 0 fully saturated rings. The van der Waals surface area contributed by atoms with E-state index in [1.165, 1.54) is 6.26 Å². The molecule has 1 aliphatic heterocycles. The van der Waals surface area contributed by atoms with Gasteiger partial charge in [0.25, 0.3) is 5.91 Å². The second-order valence-electron chi connectivity index (χ2n) is 5.36. The topological polar surface area (TPSA) is 64.3 Å². The number of benzene rings is 1. The van der Waals surface area contributed by atoms with Crippen LogP contribution in [0.4, 0.5) is 0 Å². The molecule has 0 saturated heterocycles. The molecule has 1 atom stereocenters. The van der Waals surface area contributed by atoms with E-state index in [-0.39, 0.29) is 12.0 Å². The first-order valence-corrected chi connectivity index (χ1v) is 7.33. The van der Waals surface area contributed by atoms with Crippen LogP contribution in [-0.4, -0.2) is 43.3 Å². The Kier molecular flexibility index (Phi) is 4.32. The lowest BCUT2D eigenvalue weighted by molar-refractivity contribution is 0.0464. The molecule has 1 amide bonds. The number of hydrogen-bond acceptors (Lipinski definition) is 5. The Labute approximate surface area is 134 Å². The quantitative estimate of drug-likeness (QED) is 0.851. The number of carbonyl (C=O) groups is 1. The number of oxime groups is 1. The van der Waals surface area contributed by atoms with Gasteiger partial charge in [-0.05, 0) is 42.0 Å². The summed E-state index contributed by atoms with van der Waals surface area (Å²) in [6, 6.07) is 11.0. The third kappa shape index (κ3) is 3.36. The first kappa shape index (κ1) is 15.1. The summed E-state index contributed by atoms with van der Waals surface area (Å²) in [5.74, 6) is 0.951. The van der Waals surface area contributed by atoms with Crippen molar-refractivity contribution in [2.45, 2.75) is 12.5 Å². The SMILES string of the molecule is COc1ccc(C2=NO[C@H](CN(C)C(=O)c3ccco3)C2)cc1. The first-order chi connectivity index (χ1) is 11.2. The summed E-state index contributed by atoms with van der Waals surface area (Å²) in [5, 5.41) is 4.13. The minimum Gasteiger partial charge on any atom is -0.497 e. The van der Waals surface area contributed by atoms with Crippen molar-refractivity contribution >= 4 is 11.6 Å². The van der Waals surface area contributed by atoms with Crippen molar-refractivity contribution in [3.05, 3.63) is 54.0 Å². The molecule has 0 bridgehead atoms. The predicted octanol–water partition coefficient (Wildman–Crippen LogP) is 2.55. The van der Waals surface area contributed by atoms with Crippen LogP contribution >= 0.6 is 0 Å². The minimum atomic E-state index is -0.170. The van der Waals surface area contributed by atoms with Gasteiger partial charge in [-0.2, -0.15) is 0 Å². The number of ether oxygens (including phenoxy) is 1. The van der Waals surface area contributed by atoms with Crippen LogP contribution in [0.2, 0.25) is 0 Å². The number of rotatable bonds is 5.